The Morgan fingerprint density at radius 1 is 1.32 bits per heavy atom. The molecule has 0 radical (unpaired) electrons. The molecule has 2 unspecified atom stereocenters. The number of fused-ring (bicyclic) bond motifs is 1. The van der Waals surface area contributed by atoms with Crippen molar-refractivity contribution in [3.63, 3.8) is 0 Å². The van der Waals surface area contributed by atoms with Crippen LogP contribution in [-0.2, 0) is 0 Å². The molecule has 1 aromatic heterocycles. The molecule has 1 aliphatic rings. The minimum Gasteiger partial charge on any atom is -0.396 e. The van der Waals surface area contributed by atoms with Crippen LogP contribution in [0.25, 0.3) is 11.3 Å². The Bertz CT molecular complexity index is 919. The zero-order valence-corrected chi connectivity index (χ0v) is 17.6. The van der Waals surface area contributed by atoms with Gasteiger partial charge in [-0.2, -0.15) is 0 Å². The van der Waals surface area contributed by atoms with Crippen molar-refractivity contribution >= 4 is 23.0 Å². The number of rotatable bonds is 4. The van der Waals surface area contributed by atoms with Crippen molar-refractivity contribution < 1.29 is 4.79 Å². The van der Waals surface area contributed by atoms with Gasteiger partial charge in [-0.3, -0.25) is 9.79 Å². The Morgan fingerprint density at radius 3 is 2.68 bits per heavy atom. The minimum absolute atomic E-state index is 0.00414. The molecule has 3 rings (SSSR count). The molecule has 1 aromatic carbocycles. The first-order chi connectivity index (χ1) is 13.1. The number of hydrogen-bond donors (Lipinski definition) is 4. The molecule has 2 aromatic rings. The quantitative estimate of drug-likeness (QED) is 0.476. The fourth-order valence-corrected chi connectivity index (χ4v) is 3.56. The van der Waals surface area contributed by atoms with Crippen molar-refractivity contribution in [2.45, 2.75) is 59.0 Å². The van der Waals surface area contributed by atoms with Crippen molar-refractivity contribution in [1.29, 1.82) is 0 Å². The van der Waals surface area contributed by atoms with Gasteiger partial charge in [0.25, 0.3) is 5.91 Å². The lowest BCUT2D eigenvalue weighted by molar-refractivity contribution is 0.0941. The molecular weight excluding hydrogens is 350 g/mol. The molecule has 6 heteroatoms. The first kappa shape index (κ1) is 20.1. The first-order valence-electron chi connectivity index (χ1n) is 9.79. The molecule has 6 nitrogen and oxygen atoms in total. The highest BCUT2D eigenvalue weighted by atomic mass is 16.1. The van der Waals surface area contributed by atoms with Crippen LogP contribution >= 0.6 is 0 Å². The van der Waals surface area contributed by atoms with Crippen LogP contribution in [0, 0.1) is 0 Å². The topological polar surface area (TPSA) is 95.3 Å². The fraction of sp³-hybridized carbons (Fsp3) is 0.455. The van der Waals surface area contributed by atoms with Crippen molar-refractivity contribution in [2.75, 3.05) is 12.3 Å². The highest BCUT2D eigenvalue weighted by Crippen LogP contribution is 2.36. The number of nitrogens with two attached hydrogens (primary N) is 1. The summed E-state index contributed by atoms with van der Waals surface area (Å²) >= 11 is 0. The van der Waals surface area contributed by atoms with Gasteiger partial charge in [0.15, 0.2) is 0 Å². The minimum atomic E-state index is -0.0405. The predicted molar refractivity (Wildman–Crippen MR) is 117 cm³/mol. The van der Waals surface area contributed by atoms with E-state index in [-0.39, 0.29) is 23.4 Å². The van der Waals surface area contributed by atoms with E-state index < -0.39 is 0 Å². The molecule has 0 fully saturated rings. The molecule has 0 aliphatic carbocycles. The lowest BCUT2D eigenvalue weighted by Gasteiger charge is -2.26. The second kappa shape index (κ2) is 7.43. The van der Waals surface area contributed by atoms with E-state index >= 15 is 0 Å². The van der Waals surface area contributed by atoms with Crippen molar-refractivity contribution in [3.05, 3.63) is 35.5 Å². The third kappa shape index (κ3) is 4.12. The van der Waals surface area contributed by atoms with Gasteiger partial charge in [-0.25, -0.2) is 0 Å². The molecule has 0 spiro atoms. The number of H-pyrrole nitrogens is 1. The van der Waals surface area contributed by atoms with E-state index in [1.54, 1.807) is 0 Å². The van der Waals surface area contributed by atoms with E-state index in [2.05, 4.69) is 50.2 Å². The second-order valence-corrected chi connectivity index (χ2v) is 8.73. The number of hydrogen-bond acceptors (Lipinski definition) is 4. The largest absolute Gasteiger partial charge is 0.396 e. The molecule has 5 N–H and O–H groups in total. The fourth-order valence-electron chi connectivity index (χ4n) is 3.56. The van der Waals surface area contributed by atoms with Crippen LogP contribution in [0.2, 0.25) is 0 Å². The van der Waals surface area contributed by atoms with Gasteiger partial charge in [0, 0.05) is 46.7 Å². The second-order valence-electron chi connectivity index (χ2n) is 8.73. The van der Waals surface area contributed by atoms with Crippen LogP contribution in [0.5, 0.6) is 0 Å². The van der Waals surface area contributed by atoms with Crippen molar-refractivity contribution in [2.24, 2.45) is 4.99 Å². The van der Waals surface area contributed by atoms with Crippen LogP contribution in [0.1, 0.15) is 63.5 Å². The Balaban J connectivity index is 1.95. The van der Waals surface area contributed by atoms with E-state index in [4.69, 9.17) is 10.7 Å². The third-order valence-corrected chi connectivity index (χ3v) is 5.10. The van der Waals surface area contributed by atoms with E-state index in [1.165, 1.54) is 0 Å². The van der Waals surface area contributed by atoms with Gasteiger partial charge >= 0.3 is 0 Å². The zero-order valence-electron chi connectivity index (χ0n) is 17.6. The highest BCUT2D eigenvalue weighted by Gasteiger charge is 2.26. The molecule has 2 heterocycles. The van der Waals surface area contributed by atoms with E-state index in [0.29, 0.717) is 17.8 Å². The summed E-state index contributed by atoms with van der Waals surface area (Å²) in [5, 5.41) is 6.44. The van der Waals surface area contributed by atoms with Crippen LogP contribution in [-0.4, -0.2) is 34.7 Å². The summed E-state index contributed by atoms with van der Waals surface area (Å²) in [6.07, 6.45) is 0. The highest BCUT2D eigenvalue weighted by molar-refractivity contribution is 5.99. The zero-order chi connectivity index (χ0) is 20.6. The summed E-state index contributed by atoms with van der Waals surface area (Å²) in [5.41, 5.74) is 12.2. The molecule has 0 saturated carbocycles. The molecule has 0 bridgehead atoms. The van der Waals surface area contributed by atoms with Crippen molar-refractivity contribution in [1.82, 2.24) is 15.6 Å². The number of nitrogen functional groups attached to an aromatic ring is 1. The number of carbonyl (C=O) groups excluding carboxylic acids is 1. The van der Waals surface area contributed by atoms with E-state index in [9.17, 15) is 4.79 Å². The number of aromatic amines is 1. The normalized spacial score (nSPS) is 18.6. The van der Waals surface area contributed by atoms with Crippen LogP contribution < -0.4 is 16.4 Å². The average molecular weight is 382 g/mol. The number of para-hydroxylation sites is 1. The number of nitrogens with one attached hydrogen (secondary N) is 3. The summed E-state index contributed by atoms with van der Waals surface area (Å²) in [4.78, 5) is 20.4. The third-order valence-electron chi connectivity index (χ3n) is 5.10. The smallest absolute Gasteiger partial charge is 0.253 e. The van der Waals surface area contributed by atoms with Gasteiger partial charge in [0.05, 0.1) is 16.9 Å². The van der Waals surface area contributed by atoms with E-state index in [0.717, 1.165) is 28.4 Å². The van der Waals surface area contributed by atoms with Gasteiger partial charge in [-0.1, -0.05) is 19.1 Å². The summed E-state index contributed by atoms with van der Waals surface area (Å²) in [6, 6.07) is 7.84. The van der Waals surface area contributed by atoms with Crippen LogP contribution in [0.4, 0.5) is 11.4 Å². The summed E-state index contributed by atoms with van der Waals surface area (Å²) in [7, 11) is 0. The Morgan fingerprint density at radius 2 is 2.04 bits per heavy atom. The molecule has 0 saturated heterocycles. The molecule has 28 heavy (non-hydrogen) atoms. The Hall–Kier alpha value is -2.60. The standard InChI is InChI=1S/C22H31N5O/c1-12-11-24-21(28)16-10-18(26-20(12)16)15-8-7-9-17(19(15)23)25-13(2)14(3)27-22(4,5)6/h7-10,12,14,26-27H,11,23H2,1-6H3,(H,24,28). The first-order valence-corrected chi connectivity index (χ1v) is 9.79. The molecule has 150 valence electrons. The van der Waals surface area contributed by atoms with E-state index in [1.807, 2.05) is 31.2 Å². The predicted octanol–water partition coefficient (Wildman–Crippen LogP) is 3.98. The van der Waals surface area contributed by atoms with Gasteiger partial charge in [0.2, 0.25) is 0 Å². The molecular formula is C22H31N5O. The van der Waals surface area contributed by atoms with Crippen LogP contribution in [0.15, 0.2) is 29.3 Å². The summed E-state index contributed by atoms with van der Waals surface area (Å²) in [6.45, 7) is 13.2. The number of carbonyl (C=O) groups is 1. The maximum Gasteiger partial charge on any atom is 0.253 e. The number of nitrogens with zero attached hydrogens (tertiary/aromatic N) is 1. The van der Waals surface area contributed by atoms with Gasteiger partial charge < -0.3 is 21.4 Å². The SMILES string of the molecule is CC(=Nc1cccc(-c2cc3c([nH]2)C(C)CNC3=O)c1N)C(C)NC(C)(C)C. The summed E-state index contributed by atoms with van der Waals surface area (Å²) in [5.74, 6) is 0.205. The average Bonchev–Trinajstić information content (AvgIpc) is 3.05. The number of aliphatic imine (C=N–C) groups is 1. The lowest BCUT2D eigenvalue weighted by atomic mass is 9.99. The van der Waals surface area contributed by atoms with Crippen LogP contribution in [0.3, 0.4) is 0 Å². The molecule has 2 atom stereocenters. The molecule has 1 aliphatic heterocycles. The van der Waals surface area contributed by atoms with Crippen molar-refractivity contribution in [3.8, 4) is 11.3 Å². The van der Waals surface area contributed by atoms with Gasteiger partial charge in [0.1, 0.15) is 0 Å². The number of anilines is 1. The summed E-state index contributed by atoms with van der Waals surface area (Å²) < 4.78 is 0. The maximum atomic E-state index is 12.2. The Kier molecular flexibility index (Phi) is 5.35. The molecule has 1 amide bonds. The Labute approximate surface area is 167 Å². The number of aromatic nitrogens is 1. The maximum absolute atomic E-state index is 12.2. The van der Waals surface area contributed by atoms with Gasteiger partial charge in [-0.15, -0.1) is 0 Å². The van der Waals surface area contributed by atoms with Gasteiger partial charge in [-0.05, 0) is 46.8 Å². The number of amides is 1. The number of benzene rings is 1. The lowest BCUT2D eigenvalue weighted by Crippen LogP contribution is -2.45. The monoisotopic (exact) mass is 381 g/mol.